The first-order chi connectivity index (χ1) is 9.22. The van der Waals surface area contributed by atoms with Gasteiger partial charge in [0.2, 0.25) is 5.91 Å². The molecule has 1 aliphatic heterocycles. The molecule has 1 aromatic rings. The van der Waals surface area contributed by atoms with Crippen molar-refractivity contribution in [2.45, 2.75) is 32.4 Å². The number of ether oxygens (including phenoxy) is 1. The minimum absolute atomic E-state index is 0.00995. The molecular weight excluding hydrogens is 240 g/mol. The number of amides is 1. The molecule has 0 bridgehead atoms. The SMILES string of the molecule is CCOc1ccccc1CN(C)C(=O)C1CCCN1. The minimum atomic E-state index is -0.00995. The van der Waals surface area contributed by atoms with Gasteiger partial charge in [-0.1, -0.05) is 18.2 Å². The first-order valence-corrected chi connectivity index (χ1v) is 6.91. The summed E-state index contributed by atoms with van der Waals surface area (Å²) in [4.78, 5) is 14.0. The lowest BCUT2D eigenvalue weighted by Crippen LogP contribution is -2.41. The lowest BCUT2D eigenvalue weighted by Gasteiger charge is -2.22. The van der Waals surface area contributed by atoms with Gasteiger partial charge < -0.3 is 15.0 Å². The highest BCUT2D eigenvalue weighted by Crippen LogP contribution is 2.20. The zero-order chi connectivity index (χ0) is 13.7. The van der Waals surface area contributed by atoms with E-state index in [9.17, 15) is 4.79 Å². The largest absolute Gasteiger partial charge is 0.494 e. The number of likely N-dealkylation sites (N-methyl/N-ethyl adjacent to an activating group) is 1. The van der Waals surface area contributed by atoms with E-state index in [2.05, 4.69) is 5.32 Å². The third-order valence-corrected chi connectivity index (χ3v) is 3.41. The van der Waals surface area contributed by atoms with Crippen molar-refractivity contribution in [2.24, 2.45) is 0 Å². The molecule has 0 aliphatic carbocycles. The molecule has 1 aliphatic rings. The minimum Gasteiger partial charge on any atom is -0.494 e. The van der Waals surface area contributed by atoms with Gasteiger partial charge >= 0.3 is 0 Å². The predicted molar refractivity (Wildman–Crippen MR) is 75.1 cm³/mol. The van der Waals surface area contributed by atoms with E-state index in [0.29, 0.717) is 13.2 Å². The average Bonchev–Trinajstić information content (AvgIpc) is 2.94. The Bertz CT molecular complexity index is 428. The van der Waals surface area contributed by atoms with Crippen molar-refractivity contribution in [1.29, 1.82) is 0 Å². The van der Waals surface area contributed by atoms with Crippen LogP contribution < -0.4 is 10.1 Å². The highest BCUT2D eigenvalue weighted by Gasteiger charge is 2.25. The van der Waals surface area contributed by atoms with E-state index >= 15 is 0 Å². The van der Waals surface area contributed by atoms with Crippen LogP contribution in [-0.4, -0.2) is 37.0 Å². The van der Waals surface area contributed by atoms with Crippen LogP contribution in [-0.2, 0) is 11.3 Å². The Morgan fingerprint density at radius 3 is 2.95 bits per heavy atom. The van der Waals surface area contributed by atoms with Gasteiger partial charge in [-0.3, -0.25) is 4.79 Å². The zero-order valence-corrected chi connectivity index (χ0v) is 11.7. The van der Waals surface area contributed by atoms with E-state index in [1.54, 1.807) is 4.90 Å². The molecule has 1 unspecified atom stereocenters. The normalized spacial score (nSPS) is 18.3. The number of carbonyl (C=O) groups excluding carboxylic acids is 1. The van der Waals surface area contributed by atoms with Crippen LogP contribution in [0.15, 0.2) is 24.3 Å². The molecule has 2 rings (SSSR count). The topological polar surface area (TPSA) is 41.6 Å². The third-order valence-electron chi connectivity index (χ3n) is 3.41. The van der Waals surface area contributed by atoms with Crippen LogP contribution in [0, 0.1) is 0 Å². The van der Waals surface area contributed by atoms with Gasteiger partial charge in [0.25, 0.3) is 0 Å². The Labute approximate surface area is 114 Å². The summed E-state index contributed by atoms with van der Waals surface area (Å²) in [7, 11) is 1.85. The van der Waals surface area contributed by atoms with Gasteiger partial charge in [0.05, 0.1) is 12.6 Å². The van der Waals surface area contributed by atoms with Crippen LogP contribution >= 0.6 is 0 Å². The Balaban J connectivity index is 2.01. The molecule has 4 heteroatoms. The lowest BCUT2D eigenvalue weighted by atomic mass is 10.1. The smallest absolute Gasteiger partial charge is 0.239 e. The molecule has 0 spiro atoms. The van der Waals surface area contributed by atoms with Crippen LogP contribution in [0.25, 0.3) is 0 Å². The fourth-order valence-corrected chi connectivity index (χ4v) is 2.43. The number of nitrogens with one attached hydrogen (secondary N) is 1. The highest BCUT2D eigenvalue weighted by atomic mass is 16.5. The van der Waals surface area contributed by atoms with Crippen molar-refractivity contribution in [3.05, 3.63) is 29.8 Å². The second-order valence-electron chi connectivity index (χ2n) is 4.88. The predicted octanol–water partition coefficient (Wildman–Crippen LogP) is 1.80. The van der Waals surface area contributed by atoms with Gasteiger partial charge in [-0.05, 0) is 32.4 Å². The monoisotopic (exact) mass is 262 g/mol. The van der Waals surface area contributed by atoms with Gasteiger partial charge in [-0.25, -0.2) is 0 Å². The van der Waals surface area contributed by atoms with Crippen LogP contribution in [0.3, 0.4) is 0 Å². The number of benzene rings is 1. The van der Waals surface area contributed by atoms with Crippen LogP contribution in [0.5, 0.6) is 5.75 Å². The standard InChI is InChI=1S/C15H22N2O2/c1-3-19-14-9-5-4-7-12(14)11-17(2)15(18)13-8-6-10-16-13/h4-5,7,9,13,16H,3,6,8,10-11H2,1-2H3. The van der Waals surface area contributed by atoms with E-state index in [-0.39, 0.29) is 11.9 Å². The molecule has 4 nitrogen and oxygen atoms in total. The molecule has 1 N–H and O–H groups in total. The summed E-state index contributed by atoms with van der Waals surface area (Å²) >= 11 is 0. The van der Waals surface area contributed by atoms with Crippen molar-refractivity contribution in [3.8, 4) is 5.75 Å². The summed E-state index contributed by atoms with van der Waals surface area (Å²) in [5, 5.41) is 3.24. The fourth-order valence-electron chi connectivity index (χ4n) is 2.43. The van der Waals surface area contributed by atoms with Gasteiger partial charge in [-0.2, -0.15) is 0 Å². The Kier molecular flexibility index (Phi) is 4.80. The Morgan fingerprint density at radius 1 is 1.47 bits per heavy atom. The molecule has 1 aromatic carbocycles. The lowest BCUT2D eigenvalue weighted by molar-refractivity contribution is -0.132. The van der Waals surface area contributed by atoms with E-state index in [1.165, 1.54) is 0 Å². The molecule has 1 fully saturated rings. The van der Waals surface area contributed by atoms with E-state index in [4.69, 9.17) is 4.74 Å². The summed E-state index contributed by atoms with van der Waals surface area (Å²) in [5.41, 5.74) is 1.05. The van der Waals surface area contributed by atoms with E-state index in [0.717, 1.165) is 30.7 Å². The van der Waals surface area contributed by atoms with E-state index in [1.807, 2.05) is 38.2 Å². The Hall–Kier alpha value is -1.55. The van der Waals surface area contributed by atoms with Crippen molar-refractivity contribution >= 4 is 5.91 Å². The van der Waals surface area contributed by atoms with E-state index < -0.39 is 0 Å². The van der Waals surface area contributed by atoms with Crippen molar-refractivity contribution < 1.29 is 9.53 Å². The van der Waals surface area contributed by atoms with Crippen molar-refractivity contribution in [2.75, 3.05) is 20.2 Å². The number of nitrogens with zero attached hydrogens (tertiary/aromatic N) is 1. The quantitative estimate of drug-likeness (QED) is 0.879. The number of hydrogen-bond acceptors (Lipinski definition) is 3. The summed E-state index contributed by atoms with van der Waals surface area (Å²) in [6, 6.07) is 7.88. The second-order valence-corrected chi connectivity index (χ2v) is 4.88. The summed E-state index contributed by atoms with van der Waals surface area (Å²) in [5.74, 6) is 1.04. The summed E-state index contributed by atoms with van der Waals surface area (Å²) < 4.78 is 5.59. The maximum Gasteiger partial charge on any atom is 0.239 e. The van der Waals surface area contributed by atoms with Gasteiger partial charge in [0.15, 0.2) is 0 Å². The molecule has 0 aromatic heterocycles. The first kappa shape index (κ1) is 13.9. The molecule has 1 atom stereocenters. The maximum absolute atomic E-state index is 12.2. The summed E-state index contributed by atoms with van der Waals surface area (Å²) in [6.45, 7) is 4.14. The first-order valence-electron chi connectivity index (χ1n) is 6.91. The molecule has 19 heavy (non-hydrogen) atoms. The molecule has 1 amide bonds. The van der Waals surface area contributed by atoms with Crippen LogP contribution in [0.4, 0.5) is 0 Å². The maximum atomic E-state index is 12.2. The highest BCUT2D eigenvalue weighted by molar-refractivity contribution is 5.82. The molecule has 1 heterocycles. The molecule has 1 saturated heterocycles. The molecule has 0 radical (unpaired) electrons. The zero-order valence-electron chi connectivity index (χ0n) is 11.7. The number of rotatable bonds is 5. The van der Waals surface area contributed by atoms with Gasteiger partial charge in [0, 0.05) is 19.2 Å². The van der Waals surface area contributed by atoms with Crippen molar-refractivity contribution in [3.63, 3.8) is 0 Å². The fraction of sp³-hybridized carbons (Fsp3) is 0.533. The second kappa shape index (κ2) is 6.57. The van der Waals surface area contributed by atoms with Crippen LogP contribution in [0.1, 0.15) is 25.3 Å². The molecule has 104 valence electrons. The number of carbonyl (C=O) groups is 1. The third kappa shape index (κ3) is 3.47. The molecular formula is C15H22N2O2. The van der Waals surface area contributed by atoms with Gasteiger partial charge in [-0.15, -0.1) is 0 Å². The number of hydrogen-bond donors (Lipinski definition) is 1. The van der Waals surface area contributed by atoms with Gasteiger partial charge in [0.1, 0.15) is 5.75 Å². The number of para-hydroxylation sites is 1. The average molecular weight is 262 g/mol. The van der Waals surface area contributed by atoms with Crippen molar-refractivity contribution in [1.82, 2.24) is 10.2 Å². The Morgan fingerprint density at radius 2 is 2.26 bits per heavy atom. The van der Waals surface area contributed by atoms with Crippen LogP contribution in [0.2, 0.25) is 0 Å². The molecule has 0 saturated carbocycles. The summed E-state index contributed by atoms with van der Waals surface area (Å²) in [6.07, 6.45) is 2.02.